The molecule has 0 fully saturated rings. The molecular formula is C17H21NO2S. The Balaban J connectivity index is 2.05. The number of rotatable bonds is 6. The van der Waals surface area contributed by atoms with E-state index in [2.05, 4.69) is 24.4 Å². The molecule has 2 aromatic rings. The fourth-order valence-corrected chi connectivity index (χ4v) is 2.96. The van der Waals surface area contributed by atoms with Crippen LogP contribution in [-0.2, 0) is 11.2 Å². The molecule has 4 heteroatoms. The van der Waals surface area contributed by atoms with Gasteiger partial charge < -0.3 is 10.1 Å². The fraction of sp³-hybridized carbons (Fsp3) is 0.353. The number of thiophene rings is 1. The van der Waals surface area contributed by atoms with E-state index in [1.165, 1.54) is 10.4 Å². The summed E-state index contributed by atoms with van der Waals surface area (Å²) in [6, 6.07) is 10.1. The summed E-state index contributed by atoms with van der Waals surface area (Å²) in [5.74, 6) is 0.706. The summed E-state index contributed by atoms with van der Waals surface area (Å²) in [5, 5.41) is 4.76. The van der Waals surface area contributed by atoms with E-state index in [4.69, 9.17) is 4.74 Å². The zero-order valence-corrected chi connectivity index (χ0v) is 13.5. The first-order chi connectivity index (χ1) is 10.1. The predicted octanol–water partition coefficient (Wildman–Crippen LogP) is 3.35. The fourth-order valence-electron chi connectivity index (χ4n) is 2.17. The minimum absolute atomic E-state index is 0.0220. The third-order valence-corrected chi connectivity index (χ3v) is 4.54. The van der Waals surface area contributed by atoms with E-state index in [-0.39, 0.29) is 11.8 Å². The molecule has 1 heterocycles. The topological polar surface area (TPSA) is 38.3 Å². The van der Waals surface area contributed by atoms with Crippen LogP contribution in [0.5, 0.6) is 5.75 Å². The molecule has 21 heavy (non-hydrogen) atoms. The van der Waals surface area contributed by atoms with E-state index >= 15 is 0 Å². The van der Waals surface area contributed by atoms with Gasteiger partial charge in [0.2, 0.25) is 5.91 Å². The number of hydrogen-bond acceptors (Lipinski definition) is 3. The minimum Gasteiger partial charge on any atom is -0.492 e. The lowest BCUT2D eigenvalue weighted by atomic mass is 10.0. The van der Waals surface area contributed by atoms with Crippen molar-refractivity contribution < 1.29 is 9.53 Å². The highest BCUT2D eigenvalue weighted by molar-refractivity contribution is 7.09. The second-order valence-electron chi connectivity index (χ2n) is 5.10. The van der Waals surface area contributed by atoms with Gasteiger partial charge in [-0.25, -0.2) is 0 Å². The van der Waals surface area contributed by atoms with Crippen molar-refractivity contribution in [3.63, 3.8) is 0 Å². The van der Waals surface area contributed by atoms with E-state index in [9.17, 15) is 4.79 Å². The molecule has 0 aliphatic carbocycles. The highest BCUT2D eigenvalue weighted by atomic mass is 32.1. The highest BCUT2D eigenvalue weighted by Crippen LogP contribution is 2.22. The number of ether oxygens (including phenoxy) is 1. The number of hydrogen-bond donors (Lipinski definition) is 1. The molecule has 2 rings (SSSR count). The molecule has 0 aliphatic heterocycles. The van der Waals surface area contributed by atoms with Crippen molar-refractivity contribution in [2.24, 2.45) is 5.92 Å². The molecule has 3 nitrogen and oxygen atoms in total. The van der Waals surface area contributed by atoms with Gasteiger partial charge in [0.25, 0.3) is 0 Å². The smallest absolute Gasteiger partial charge is 0.226 e. The second-order valence-corrected chi connectivity index (χ2v) is 6.14. The van der Waals surface area contributed by atoms with Gasteiger partial charge in [-0.1, -0.05) is 18.2 Å². The molecule has 1 atom stereocenters. The zero-order chi connectivity index (χ0) is 15.2. The molecular weight excluding hydrogens is 282 g/mol. The van der Waals surface area contributed by atoms with Gasteiger partial charge in [0.05, 0.1) is 5.92 Å². The molecule has 0 unspecified atom stereocenters. The third kappa shape index (κ3) is 4.08. The summed E-state index contributed by atoms with van der Waals surface area (Å²) in [6.45, 7) is 4.49. The van der Waals surface area contributed by atoms with Gasteiger partial charge in [0, 0.05) is 11.9 Å². The Labute approximate surface area is 130 Å². The van der Waals surface area contributed by atoms with E-state index in [0.717, 1.165) is 11.3 Å². The predicted molar refractivity (Wildman–Crippen MR) is 87.0 cm³/mol. The van der Waals surface area contributed by atoms with Gasteiger partial charge in [-0.2, -0.15) is 0 Å². The molecule has 0 aliphatic rings. The van der Waals surface area contributed by atoms with Gasteiger partial charge in [-0.3, -0.25) is 4.79 Å². The van der Waals surface area contributed by atoms with Gasteiger partial charge in [-0.05, 0) is 48.9 Å². The highest BCUT2D eigenvalue weighted by Gasteiger charge is 2.19. The average molecular weight is 303 g/mol. The third-order valence-electron chi connectivity index (χ3n) is 3.64. The number of carbonyl (C=O) groups is 1. The molecule has 1 amide bonds. The van der Waals surface area contributed by atoms with Crippen LogP contribution in [0.1, 0.15) is 16.0 Å². The molecule has 1 aromatic carbocycles. The van der Waals surface area contributed by atoms with Gasteiger partial charge in [0.1, 0.15) is 12.4 Å². The van der Waals surface area contributed by atoms with Crippen LogP contribution >= 0.6 is 11.3 Å². The lowest BCUT2D eigenvalue weighted by molar-refractivity contribution is -0.125. The van der Waals surface area contributed by atoms with Crippen LogP contribution in [-0.4, -0.2) is 19.6 Å². The average Bonchev–Trinajstić information content (AvgIpc) is 2.99. The summed E-state index contributed by atoms with van der Waals surface area (Å²) >= 11 is 1.67. The molecule has 0 saturated carbocycles. The number of amides is 1. The lowest BCUT2D eigenvalue weighted by Gasteiger charge is -2.17. The second kappa shape index (κ2) is 7.27. The Morgan fingerprint density at radius 2 is 2.10 bits per heavy atom. The van der Waals surface area contributed by atoms with Crippen molar-refractivity contribution in [3.05, 3.63) is 51.7 Å². The van der Waals surface area contributed by atoms with Crippen molar-refractivity contribution in [2.45, 2.75) is 20.3 Å². The van der Waals surface area contributed by atoms with Crippen molar-refractivity contribution in [1.29, 1.82) is 0 Å². The number of benzene rings is 1. The summed E-state index contributed by atoms with van der Waals surface area (Å²) in [6.07, 6.45) is 0.711. The summed E-state index contributed by atoms with van der Waals surface area (Å²) in [5.41, 5.74) is 2.33. The Kier molecular flexibility index (Phi) is 5.39. The zero-order valence-electron chi connectivity index (χ0n) is 12.7. The summed E-state index contributed by atoms with van der Waals surface area (Å²) < 4.78 is 5.90. The van der Waals surface area contributed by atoms with E-state index in [0.29, 0.717) is 13.0 Å². The van der Waals surface area contributed by atoms with Gasteiger partial charge in [-0.15, -0.1) is 11.3 Å². The maximum Gasteiger partial charge on any atom is 0.226 e. The first-order valence-corrected chi connectivity index (χ1v) is 7.92. The number of aryl methyl sites for hydroxylation is 1. The first kappa shape index (κ1) is 15.6. The molecule has 0 bridgehead atoms. The minimum atomic E-state index is -0.173. The van der Waals surface area contributed by atoms with Crippen LogP contribution < -0.4 is 10.1 Å². The Hall–Kier alpha value is -1.81. The standard InChI is InChI=1S/C17H21NO2S/c1-12-6-4-8-16(13(12)2)20-11-14(17(19)18-3)10-15-7-5-9-21-15/h4-9,14H,10-11H2,1-3H3,(H,18,19)/t14-/m0/s1. The van der Waals surface area contributed by atoms with Gasteiger partial charge in [0.15, 0.2) is 0 Å². The summed E-state index contributed by atoms with van der Waals surface area (Å²) in [7, 11) is 1.67. The van der Waals surface area contributed by atoms with Crippen LogP contribution in [0, 0.1) is 19.8 Å². The van der Waals surface area contributed by atoms with Crippen LogP contribution in [0.4, 0.5) is 0 Å². The molecule has 0 saturated heterocycles. The van der Waals surface area contributed by atoms with Gasteiger partial charge >= 0.3 is 0 Å². The van der Waals surface area contributed by atoms with Crippen molar-refractivity contribution in [3.8, 4) is 5.75 Å². The quantitative estimate of drug-likeness (QED) is 0.889. The number of carbonyl (C=O) groups excluding carboxylic acids is 1. The summed E-state index contributed by atoms with van der Waals surface area (Å²) in [4.78, 5) is 13.2. The normalized spacial score (nSPS) is 12.0. The molecule has 1 aromatic heterocycles. The Morgan fingerprint density at radius 1 is 1.29 bits per heavy atom. The van der Waals surface area contributed by atoms with E-state index in [1.807, 2.05) is 30.5 Å². The molecule has 1 N–H and O–H groups in total. The van der Waals surface area contributed by atoms with Crippen LogP contribution in [0.2, 0.25) is 0 Å². The lowest BCUT2D eigenvalue weighted by Crippen LogP contribution is -2.33. The van der Waals surface area contributed by atoms with E-state index in [1.54, 1.807) is 18.4 Å². The number of nitrogens with one attached hydrogen (secondary N) is 1. The SMILES string of the molecule is CNC(=O)[C@H](COc1cccc(C)c1C)Cc1cccs1. The van der Waals surface area contributed by atoms with Crippen LogP contribution in [0.25, 0.3) is 0 Å². The van der Waals surface area contributed by atoms with Crippen LogP contribution in [0.3, 0.4) is 0 Å². The Bertz CT molecular complexity index is 593. The maximum absolute atomic E-state index is 12.0. The van der Waals surface area contributed by atoms with Crippen molar-refractivity contribution in [2.75, 3.05) is 13.7 Å². The maximum atomic E-state index is 12.0. The molecule has 0 spiro atoms. The molecule has 112 valence electrons. The van der Waals surface area contributed by atoms with Crippen molar-refractivity contribution >= 4 is 17.2 Å². The van der Waals surface area contributed by atoms with Crippen LogP contribution in [0.15, 0.2) is 35.7 Å². The first-order valence-electron chi connectivity index (χ1n) is 7.04. The van der Waals surface area contributed by atoms with Crippen molar-refractivity contribution in [1.82, 2.24) is 5.32 Å². The van der Waals surface area contributed by atoms with E-state index < -0.39 is 0 Å². The monoisotopic (exact) mass is 303 g/mol. The largest absolute Gasteiger partial charge is 0.492 e. The molecule has 0 radical (unpaired) electrons. The Morgan fingerprint density at radius 3 is 2.76 bits per heavy atom.